The van der Waals surface area contributed by atoms with Crippen molar-refractivity contribution in [3.63, 3.8) is 0 Å². The SMILES string of the molecule is CCOC(=O)CCn1cncc1C(N)CC(C)C. The first kappa shape index (κ1) is 14.7. The Labute approximate surface area is 108 Å². The van der Waals surface area contributed by atoms with Gasteiger partial charge in [0.1, 0.15) is 0 Å². The molecule has 1 heterocycles. The molecule has 1 aromatic rings. The smallest absolute Gasteiger partial charge is 0.307 e. The number of imidazole rings is 1. The zero-order valence-electron chi connectivity index (χ0n) is 11.4. The molecule has 0 saturated heterocycles. The summed E-state index contributed by atoms with van der Waals surface area (Å²) in [5.74, 6) is 0.350. The van der Waals surface area contributed by atoms with Crippen molar-refractivity contribution in [1.82, 2.24) is 9.55 Å². The molecule has 5 nitrogen and oxygen atoms in total. The minimum Gasteiger partial charge on any atom is -0.466 e. The summed E-state index contributed by atoms with van der Waals surface area (Å²) in [5.41, 5.74) is 7.11. The largest absolute Gasteiger partial charge is 0.466 e. The van der Waals surface area contributed by atoms with Gasteiger partial charge in [-0.05, 0) is 19.3 Å². The molecule has 0 aromatic carbocycles. The van der Waals surface area contributed by atoms with E-state index in [2.05, 4.69) is 18.8 Å². The molecule has 0 amide bonds. The summed E-state index contributed by atoms with van der Waals surface area (Å²) >= 11 is 0. The molecule has 102 valence electrons. The Kier molecular flexibility index (Phi) is 5.85. The lowest BCUT2D eigenvalue weighted by molar-refractivity contribution is -0.143. The highest BCUT2D eigenvalue weighted by Crippen LogP contribution is 2.18. The summed E-state index contributed by atoms with van der Waals surface area (Å²) in [6.07, 6.45) is 4.75. The van der Waals surface area contributed by atoms with Crippen molar-refractivity contribution in [2.75, 3.05) is 6.61 Å². The first-order chi connectivity index (χ1) is 8.54. The third-order valence-corrected chi connectivity index (χ3v) is 2.71. The molecule has 1 rings (SSSR count). The Morgan fingerprint density at radius 1 is 1.56 bits per heavy atom. The number of aromatic nitrogens is 2. The summed E-state index contributed by atoms with van der Waals surface area (Å²) < 4.78 is 6.84. The lowest BCUT2D eigenvalue weighted by Crippen LogP contribution is -2.18. The van der Waals surface area contributed by atoms with Gasteiger partial charge in [-0.15, -0.1) is 0 Å². The zero-order valence-corrected chi connectivity index (χ0v) is 11.4. The predicted octanol–water partition coefficient (Wildman–Crippen LogP) is 1.88. The van der Waals surface area contributed by atoms with Crippen molar-refractivity contribution >= 4 is 5.97 Å². The molecule has 1 aromatic heterocycles. The van der Waals surface area contributed by atoms with E-state index in [1.165, 1.54) is 0 Å². The molecule has 0 bridgehead atoms. The summed E-state index contributed by atoms with van der Waals surface area (Å²) in [5, 5.41) is 0. The first-order valence-electron chi connectivity index (χ1n) is 6.45. The van der Waals surface area contributed by atoms with Crippen LogP contribution < -0.4 is 5.73 Å². The molecule has 0 fully saturated rings. The van der Waals surface area contributed by atoms with Crippen LogP contribution in [0.25, 0.3) is 0 Å². The molecule has 18 heavy (non-hydrogen) atoms. The molecule has 0 aliphatic heterocycles. The molecule has 0 radical (unpaired) electrons. The maximum absolute atomic E-state index is 11.3. The van der Waals surface area contributed by atoms with Gasteiger partial charge in [0.25, 0.3) is 0 Å². The maximum atomic E-state index is 11.3. The summed E-state index contributed by atoms with van der Waals surface area (Å²) in [6, 6.07) is -0.0327. The van der Waals surface area contributed by atoms with Crippen LogP contribution in [0.2, 0.25) is 0 Å². The molecule has 0 aliphatic carbocycles. The Bertz CT molecular complexity index is 374. The summed E-state index contributed by atoms with van der Waals surface area (Å²) in [4.78, 5) is 15.4. The van der Waals surface area contributed by atoms with E-state index in [9.17, 15) is 4.79 Å². The molecule has 0 spiro atoms. The number of ether oxygens (including phenoxy) is 1. The lowest BCUT2D eigenvalue weighted by Gasteiger charge is -2.16. The topological polar surface area (TPSA) is 70.1 Å². The van der Waals surface area contributed by atoms with Crippen molar-refractivity contribution in [3.8, 4) is 0 Å². The predicted molar refractivity (Wildman–Crippen MR) is 69.9 cm³/mol. The number of esters is 1. The molecule has 0 saturated carbocycles. The second-order valence-corrected chi connectivity index (χ2v) is 4.80. The van der Waals surface area contributed by atoms with E-state index in [1.54, 1.807) is 19.4 Å². The fourth-order valence-corrected chi connectivity index (χ4v) is 1.90. The quantitative estimate of drug-likeness (QED) is 0.753. The monoisotopic (exact) mass is 253 g/mol. The molecular formula is C13H23N3O2. The first-order valence-corrected chi connectivity index (χ1v) is 6.45. The van der Waals surface area contributed by atoms with Crippen LogP contribution in [0.3, 0.4) is 0 Å². The van der Waals surface area contributed by atoms with Crippen LogP contribution in [0, 0.1) is 5.92 Å². The number of hydrogen-bond acceptors (Lipinski definition) is 4. The van der Waals surface area contributed by atoms with Crippen molar-refractivity contribution in [1.29, 1.82) is 0 Å². The van der Waals surface area contributed by atoms with Gasteiger partial charge in [0, 0.05) is 18.8 Å². The normalized spacial score (nSPS) is 12.7. The van der Waals surface area contributed by atoms with Crippen LogP contribution in [0.4, 0.5) is 0 Å². The molecular weight excluding hydrogens is 230 g/mol. The highest BCUT2D eigenvalue weighted by Gasteiger charge is 2.14. The summed E-state index contributed by atoms with van der Waals surface area (Å²) in [6.45, 7) is 7.07. The van der Waals surface area contributed by atoms with E-state index in [0.29, 0.717) is 25.5 Å². The Morgan fingerprint density at radius 2 is 2.28 bits per heavy atom. The van der Waals surface area contributed by atoms with E-state index in [4.69, 9.17) is 10.5 Å². The van der Waals surface area contributed by atoms with Gasteiger partial charge >= 0.3 is 5.97 Å². The number of nitrogens with two attached hydrogens (primary N) is 1. The van der Waals surface area contributed by atoms with Gasteiger partial charge in [-0.25, -0.2) is 4.98 Å². The van der Waals surface area contributed by atoms with Crippen LogP contribution in [0.15, 0.2) is 12.5 Å². The summed E-state index contributed by atoms with van der Waals surface area (Å²) in [7, 11) is 0. The van der Waals surface area contributed by atoms with Crippen LogP contribution >= 0.6 is 0 Å². The van der Waals surface area contributed by atoms with E-state index >= 15 is 0 Å². The van der Waals surface area contributed by atoms with E-state index in [0.717, 1.165) is 12.1 Å². The van der Waals surface area contributed by atoms with Gasteiger partial charge < -0.3 is 15.0 Å². The lowest BCUT2D eigenvalue weighted by atomic mass is 10.0. The minimum absolute atomic E-state index is 0.0327. The van der Waals surface area contributed by atoms with Crippen LogP contribution in [-0.2, 0) is 16.1 Å². The third kappa shape index (κ3) is 4.49. The molecule has 2 N–H and O–H groups in total. The number of carbonyl (C=O) groups excluding carboxylic acids is 1. The van der Waals surface area contributed by atoms with E-state index < -0.39 is 0 Å². The van der Waals surface area contributed by atoms with Gasteiger partial charge in [0.15, 0.2) is 0 Å². The second kappa shape index (κ2) is 7.16. The zero-order chi connectivity index (χ0) is 13.5. The number of rotatable bonds is 7. The second-order valence-electron chi connectivity index (χ2n) is 4.80. The Balaban J connectivity index is 2.56. The van der Waals surface area contributed by atoms with Crippen molar-refractivity contribution in [2.24, 2.45) is 11.7 Å². The van der Waals surface area contributed by atoms with E-state index in [-0.39, 0.29) is 12.0 Å². The van der Waals surface area contributed by atoms with Crippen molar-refractivity contribution < 1.29 is 9.53 Å². The molecule has 1 unspecified atom stereocenters. The van der Waals surface area contributed by atoms with Gasteiger partial charge in [0.05, 0.1) is 25.0 Å². The van der Waals surface area contributed by atoms with Crippen LogP contribution in [-0.4, -0.2) is 22.1 Å². The number of aryl methyl sites for hydroxylation is 1. The van der Waals surface area contributed by atoms with Gasteiger partial charge in [-0.1, -0.05) is 13.8 Å². The molecule has 5 heteroatoms. The average Bonchev–Trinajstić information content (AvgIpc) is 2.74. The Morgan fingerprint density at radius 3 is 2.89 bits per heavy atom. The van der Waals surface area contributed by atoms with Gasteiger partial charge in [-0.2, -0.15) is 0 Å². The third-order valence-electron chi connectivity index (χ3n) is 2.71. The van der Waals surface area contributed by atoms with Crippen molar-refractivity contribution in [2.45, 2.75) is 46.2 Å². The minimum atomic E-state index is -0.186. The maximum Gasteiger partial charge on any atom is 0.307 e. The average molecular weight is 253 g/mol. The molecule has 1 atom stereocenters. The fraction of sp³-hybridized carbons (Fsp3) is 0.692. The number of nitrogens with zero attached hydrogens (tertiary/aromatic N) is 2. The van der Waals surface area contributed by atoms with Gasteiger partial charge in [-0.3, -0.25) is 4.79 Å². The van der Waals surface area contributed by atoms with E-state index in [1.807, 2.05) is 4.57 Å². The standard InChI is InChI=1S/C13H23N3O2/c1-4-18-13(17)5-6-16-9-15-8-12(16)11(14)7-10(2)3/h8-11H,4-7,14H2,1-3H3. The highest BCUT2D eigenvalue weighted by atomic mass is 16.5. The molecule has 0 aliphatic rings. The number of hydrogen-bond donors (Lipinski definition) is 1. The van der Waals surface area contributed by atoms with Crippen LogP contribution in [0.5, 0.6) is 0 Å². The number of carbonyl (C=O) groups is 1. The van der Waals surface area contributed by atoms with Crippen molar-refractivity contribution in [3.05, 3.63) is 18.2 Å². The van der Waals surface area contributed by atoms with Crippen LogP contribution in [0.1, 0.15) is 45.3 Å². The van der Waals surface area contributed by atoms with Gasteiger partial charge in [0.2, 0.25) is 0 Å². The fourth-order valence-electron chi connectivity index (χ4n) is 1.90. The Hall–Kier alpha value is -1.36. The highest BCUT2D eigenvalue weighted by molar-refractivity contribution is 5.69.